The number of alkyl halides is 3. The number of pyridine rings is 1. The van der Waals surface area contributed by atoms with Gasteiger partial charge in [0.2, 0.25) is 17.6 Å². The van der Waals surface area contributed by atoms with E-state index in [9.17, 15) is 27.9 Å². The molecule has 0 fully saturated rings. The van der Waals surface area contributed by atoms with Crippen molar-refractivity contribution >= 4 is 12.1 Å². The van der Waals surface area contributed by atoms with Gasteiger partial charge in [-0.15, -0.1) is 0 Å². The summed E-state index contributed by atoms with van der Waals surface area (Å²) >= 11 is 0. The molecular weight excluding hydrogens is 473 g/mol. The molecular formula is C22H21F3N4O6. The summed E-state index contributed by atoms with van der Waals surface area (Å²) in [6.07, 6.45) is -5.06. The number of benzene rings is 1. The van der Waals surface area contributed by atoms with Gasteiger partial charge in [0, 0.05) is 17.8 Å². The first-order chi connectivity index (χ1) is 16.3. The fourth-order valence-corrected chi connectivity index (χ4v) is 2.71. The lowest BCUT2D eigenvalue weighted by atomic mass is 10.2. The van der Waals surface area contributed by atoms with Crippen LogP contribution in [0.4, 0.5) is 18.0 Å². The summed E-state index contributed by atoms with van der Waals surface area (Å²) in [5.74, 6) is -1.08. The molecule has 1 aromatic carbocycles. The van der Waals surface area contributed by atoms with Crippen molar-refractivity contribution in [1.82, 2.24) is 20.4 Å². The van der Waals surface area contributed by atoms with Gasteiger partial charge in [-0.05, 0) is 39.0 Å². The maximum atomic E-state index is 12.7. The Hall–Kier alpha value is -4.16. The average Bonchev–Trinajstić information content (AvgIpc) is 3.20. The molecule has 0 saturated heterocycles. The third kappa shape index (κ3) is 7.42. The molecule has 13 heteroatoms. The van der Waals surface area contributed by atoms with Gasteiger partial charge in [0.15, 0.2) is 0 Å². The number of hydrogen-bond acceptors (Lipinski definition) is 8. The Labute approximate surface area is 197 Å². The van der Waals surface area contributed by atoms with Gasteiger partial charge in [0.1, 0.15) is 17.4 Å². The molecule has 0 bridgehead atoms. The number of alkyl carbamates (subject to hydrolysis) is 1. The second-order valence-corrected chi connectivity index (χ2v) is 8.27. The standard InChI is InChI=1S/C22H21F3N4O6/c1-21(2,3)34-20(32)27-15(19(30)31)10-17-28-18(29-35-17)12-5-4-6-14(9-12)33-16-8-7-13(11-26-16)22(23,24)25/h4-9,11,15H,10H2,1-3H3,(H,27,32)(H,30,31). The van der Waals surface area contributed by atoms with Crippen molar-refractivity contribution in [2.75, 3.05) is 0 Å². The van der Waals surface area contributed by atoms with Crippen LogP contribution in [0.15, 0.2) is 47.1 Å². The van der Waals surface area contributed by atoms with Crippen LogP contribution < -0.4 is 10.1 Å². The van der Waals surface area contributed by atoms with E-state index in [0.717, 1.165) is 12.1 Å². The maximum absolute atomic E-state index is 12.7. The van der Waals surface area contributed by atoms with Gasteiger partial charge in [-0.2, -0.15) is 18.2 Å². The number of nitrogens with one attached hydrogen (secondary N) is 1. The number of nitrogens with zero attached hydrogens (tertiary/aromatic N) is 3. The van der Waals surface area contributed by atoms with E-state index < -0.39 is 35.4 Å². The van der Waals surface area contributed by atoms with E-state index in [1.165, 1.54) is 6.07 Å². The molecule has 3 rings (SSSR count). The number of ether oxygens (including phenoxy) is 2. The second-order valence-electron chi connectivity index (χ2n) is 8.27. The molecule has 0 aliphatic rings. The van der Waals surface area contributed by atoms with Crippen molar-refractivity contribution in [3.63, 3.8) is 0 Å². The van der Waals surface area contributed by atoms with Crippen molar-refractivity contribution < 1.29 is 41.9 Å². The van der Waals surface area contributed by atoms with E-state index in [0.29, 0.717) is 11.8 Å². The van der Waals surface area contributed by atoms with Crippen LogP contribution in [0.1, 0.15) is 32.2 Å². The van der Waals surface area contributed by atoms with Crippen molar-refractivity contribution in [3.05, 3.63) is 54.0 Å². The molecule has 1 unspecified atom stereocenters. The van der Waals surface area contributed by atoms with Crippen LogP contribution in [-0.4, -0.2) is 43.9 Å². The Morgan fingerprint density at radius 2 is 1.91 bits per heavy atom. The van der Waals surface area contributed by atoms with E-state index in [1.807, 2.05) is 0 Å². The summed E-state index contributed by atoms with van der Waals surface area (Å²) in [6, 6.07) is 6.83. The Morgan fingerprint density at radius 1 is 1.17 bits per heavy atom. The van der Waals surface area contributed by atoms with E-state index in [-0.39, 0.29) is 29.8 Å². The lowest BCUT2D eigenvalue weighted by Crippen LogP contribution is -2.44. The lowest BCUT2D eigenvalue weighted by Gasteiger charge is -2.21. The predicted molar refractivity (Wildman–Crippen MR) is 114 cm³/mol. The molecule has 35 heavy (non-hydrogen) atoms. The minimum atomic E-state index is -4.51. The molecule has 1 atom stereocenters. The number of hydrogen-bond donors (Lipinski definition) is 2. The first-order valence-corrected chi connectivity index (χ1v) is 10.2. The number of aliphatic carboxylic acids is 1. The zero-order valence-electron chi connectivity index (χ0n) is 18.8. The highest BCUT2D eigenvalue weighted by atomic mass is 19.4. The summed E-state index contributed by atoms with van der Waals surface area (Å²) < 4.78 is 53.7. The highest BCUT2D eigenvalue weighted by Crippen LogP contribution is 2.30. The minimum absolute atomic E-state index is 0.0542. The Balaban J connectivity index is 1.69. The van der Waals surface area contributed by atoms with Gasteiger partial charge >= 0.3 is 18.2 Å². The van der Waals surface area contributed by atoms with Gasteiger partial charge in [0.25, 0.3) is 0 Å². The van der Waals surface area contributed by atoms with Gasteiger partial charge in [-0.3, -0.25) is 0 Å². The third-order valence-electron chi connectivity index (χ3n) is 4.21. The quantitative estimate of drug-likeness (QED) is 0.488. The first-order valence-electron chi connectivity index (χ1n) is 10.2. The molecule has 3 aromatic rings. The Bertz CT molecular complexity index is 1190. The molecule has 0 saturated carbocycles. The summed E-state index contributed by atoms with van der Waals surface area (Å²) in [6.45, 7) is 4.91. The van der Waals surface area contributed by atoms with Crippen LogP contribution >= 0.6 is 0 Å². The highest BCUT2D eigenvalue weighted by Gasteiger charge is 2.31. The zero-order valence-corrected chi connectivity index (χ0v) is 18.8. The molecule has 2 N–H and O–H groups in total. The summed E-state index contributed by atoms with van der Waals surface area (Å²) in [5, 5.41) is 15.4. The molecule has 0 aliphatic heterocycles. The number of carboxylic acid groups (broad SMARTS) is 1. The van der Waals surface area contributed by atoms with E-state index in [2.05, 4.69) is 20.4 Å². The minimum Gasteiger partial charge on any atom is -0.480 e. The fourth-order valence-electron chi connectivity index (χ4n) is 2.71. The largest absolute Gasteiger partial charge is 0.480 e. The van der Waals surface area contributed by atoms with E-state index in [1.54, 1.807) is 39.0 Å². The van der Waals surface area contributed by atoms with Crippen LogP contribution in [0.5, 0.6) is 11.6 Å². The number of carbonyl (C=O) groups excluding carboxylic acids is 1. The fraction of sp³-hybridized carbons (Fsp3) is 0.318. The van der Waals surface area contributed by atoms with Crippen LogP contribution in [0, 0.1) is 0 Å². The summed E-state index contributed by atoms with van der Waals surface area (Å²) in [7, 11) is 0. The smallest absolute Gasteiger partial charge is 0.417 e. The lowest BCUT2D eigenvalue weighted by molar-refractivity contribution is -0.139. The van der Waals surface area contributed by atoms with Crippen LogP contribution in [0.2, 0.25) is 0 Å². The van der Waals surface area contributed by atoms with Crippen LogP contribution in [0.3, 0.4) is 0 Å². The summed E-state index contributed by atoms with van der Waals surface area (Å²) in [4.78, 5) is 31.2. The normalized spacial score (nSPS) is 12.6. The summed E-state index contributed by atoms with van der Waals surface area (Å²) in [5.41, 5.74) is -1.29. The van der Waals surface area contributed by atoms with E-state index >= 15 is 0 Å². The number of carbonyl (C=O) groups is 2. The molecule has 2 heterocycles. The topological polar surface area (TPSA) is 137 Å². The van der Waals surface area contributed by atoms with Crippen molar-refractivity contribution in [2.45, 2.75) is 45.0 Å². The molecule has 0 radical (unpaired) electrons. The maximum Gasteiger partial charge on any atom is 0.417 e. The third-order valence-corrected chi connectivity index (χ3v) is 4.21. The van der Waals surface area contributed by atoms with Gasteiger partial charge in [0.05, 0.1) is 12.0 Å². The van der Waals surface area contributed by atoms with Crippen molar-refractivity contribution in [3.8, 4) is 23.0 Å². The molecule has 10 nitrogen and oxygen atoms in total. The van der Waals surface area contributed by atoms with Crippen molar-refractivity contribution in [2.24, 2.45) is 0 Å². The average molecular weight is 494 g/mol. The van der Waals surface area contributed by atoms with Gasteiger partial charge in [-0.25, -0.2) is 14.6 Å². The Kier molecular flexibility index (Phi) is 7.27. The van der Waals surface area contributed by atoms with E-state index in [4.69, 9.17) is 14.0 Å². The molecule has 2 aromatic heterocycles. The molecule has 0 spiro atoms. The van der Waals surface area contributed by atoms with Crippen LogP contribution in [0.25, 0.3) is 11.4 Å². The number of halogens is 3. The highest BCUT2D eigenvalue weighted by molar-refractivity contribution is 5.80. The first kappa shape index (κ1) is 25.5. The van der Waals surface area contributed by atoms with Crippen LogP contribution in [-0.2, 0) is 22.1 Å². The molecule has 0 aliphatic carbocycles. The van der Waals surface area contributed by atoms with Gasteiger partial charge < -0.3 is 24.4 Å². The Morgan fingerprint density at radius 3 is 2.51 bits per heavy atom. The second kappa shape index (κ2) is 9.99. The van der Waals surface area contributed by atoms with Gasteiger partial charge in [-0.1, -0.05) is 17.3 Å². The number of rotatable bonds is 7. The molecule has 186 valence electrons. The monoisotopic (exact) mass is 494 g/mol. The zero-order chi connectivity index (χ0) is 25.8. The van der Waals surface area contributed by atoms with Crippen molar-refractivity contribution in [1.29, 1.82) is 0 Å². The number of aromatic nitrogens is 3. The number of amides is 1. The number of carboxylic acids is 1. The predicted octanol–water partition coefficient (Wildman–Crippen LogP) is 4.46. The molecule has 1 amide bonds. The SMILES string of the molecule is CC(C)(C)OC(=O)NC(Cc1nc(-c2cccc(Oc3ccc(C(F)(F)F)cn3)c2)no1)C(=O)O.